The molecule has 148 valence electrons. The number of methoxy groups -OCH3 is 1. The second-order valence-electron chi connectivity index (χ2n) is 7.02. The molecule has 0 spiro atoms. The molecule has 1 aliphatic rings. The fraction of sp³-hybridized carbons (Fsp3) is 0.632. The Bertz CT molecular complexity index is 890. The van der Waals surface area contributed by atoms with Crippen molar-refractivity contribution in [2.75, 3.05) is 20.3 Å². The number of carbonyl (C=O) groups is 1. The molecular formula is C19H27N3O3S2. The smallest absolute Gasteiger partial charge is 0.263 e. The lowest BCUT2D eigenvalue weighted by Crippen LogP contribution is -2.34. The maximum Gasteiger partial charge on any atom is 0.263 e. The minimum atomic E-state index is -0.335. The van der Waals surface area contributed by atoms with Crippen LogP contribution in [0.3, 0.4) is 0 Å². The summed E-state index contributed by atoms with van der Waals surface area (Å²) in [6.45, 7) is 7.54. The average Bonchev–Trinajstić information content (AvgIpc) is 2.99. The molecule has 2 heterocycles. The van der Waals surface area contributed by atoms with Crippen molar-refractivity contribution >= 4 is 39.2 Å². The molecule has 3 rings (SSSR count). The van der Waals surface area contributed by atoms with Crippen LogP contribution in [0, 0.1) is 5.92 Å². The minimum Gasteiger partial charge on any atom is -0.383 e. The number of thiophene rings is 1. The van der Waals surface area contributed by atoms with Gasteiger partial charge in [-0.15, -0.1) is 11.3 Å². The van der Waals surface area contributed by atoms with Gasteiger partial charge in [0.15, 0.2) is 5.16 Å². The third-order valence-electron chi connectivity index (χ3n) is 4.95. The van der Waals surface area contributed by atoms with Crippen molar-refractivity contribution in [3.63, 3.8) is 0 Å². The summed E-state index contributed by atoms with van der Waals surface area (Å²) in [5.74, 6) is 0.581. The van der Waals surface area contributed by atoms with E-state index in [0.717, 1.165) is 29.5 Å². The number of carbonyl (C=O) groups excluding carboxylic acids is 1. The highest BCUT2D eigenvalue weighted by atomic mass is 32.2. The number of thioether (sulfide) groups is 1. The zero-order chi connectivity index (χ0) is 19.6. The molecule has 6 nitrogen and oxygen atoms in total. The molecule has 27 heavy (non-hydrogen) atoms. The molecule has 0 unspecified atom stereocenters. The van der Waals surface area contributed by atoms with Crippen molar-refractivity contribution in [3.8, 4) is 0 Å². The number of amides is 1. The lowest BCUT2D eigenvalue weighted by atomic mass is 9.89. The summed E-state index contributed by atoms with van der Waals surface area (Å²) in [7, 11) is 1.60. The summed E-state index contributed by atoms with van der Waals surface area (Å²) in [6, 6.07) is 0. The summed E-state index contributed by atoms with van der Waals surface area (Å²) in [5.41, 5.74) is 1.23. The van der Waals surface area contributed by atoms with Crippen molar-refractivity contribution in [1.82, 2.24) is 14.9 Å². The van der Waals surface area contributed by atoms with Gasteiger partial charge in [0.25, 0.3) is 5.56 Å². The predicted octanol–water partition coefficient (Wildman–Crippen LogP) is 2.85. The first-order chi connectivity index (χ1) is 13.0. The van der Waals surface area contributed by atoms with Gasteiger partial charge in [-0.1, -0.05) is 18.7 Å². The maximum atomic E-state index is 13.2. The molecule has 1 aliphatic carbocycles. The Labute approximate surface area is 167 Å². The van der Waals surface area contributed by atoms with Crippen molar-refractivity contribution in [1.29, 1.82) is 0 Å². The number of aromatic nitrogens is 2. The molecule has 2 aromatic rings. The van der Waals surface area contributed by atoms with Crippen molar-refractivity contribution in [2.45, 2.75) is 57.0 Å². The Kier molecular flexibility index (Phi) is 6.60. The first-order valence-corrected chi connectivity index (χ1v) is 11.1. The van der Waals surface area contributed by atoms with Gasteiger partial charge < -0.3 is 10.1 Å². The van der Waals surface area contributed by atoms with E-state index in [4.69, 9.17) is 9.72 Å². The quantitative estimate of drug-likeness (QED) is 0.432. The number of hydrogen-bond donors (Lipinski definition) is 1. The molecule has 2 aromatic heterocycles. The third-order valence-corrected chi connectivity index (χ3v) is 7.19. The minimum absolute atomic E-state index is 0.0315. The average molecular weight is 410 g/mol. The number of fused-ring (bicyclic) bond motifs is 3. The van der Waals surface area contributed by atoms with Crippen LogP contribution in [0.4, 0.5) is 0 Å². The highest BCUT2D eigenvalue weighted by Gasteiger charge is 2.25. The Balaban J connectivity index is 1.92. The van der Waals surface area contributed by atoms with Gasteiger partial charge in [-0.25, -0.2) is 4.98 Å². The topological polar surface area (TPSA) is 73.2 Å². The number of hydrogen-bond acceptors (Lipinski definition) is 6. The van der Waals surface area contributed by atoms with Crippen LogP contribution >= 0.6 is 23.1 Å². The van der Waals surface area contributed by atoms with Crippen molar-refractivity contribution in [3.05, 3.63) is 20.8 Å². The predicted molar refractivity (Wildman–Crippen MR) is 111 cm³/mol. The van der Waals surface area contributed by atoms with Crippen LogP contribution in [0.1, 0.15) is 37.6 Å². The number of aryl methyl sites for hydroxylation is 1. The SMILES string of the molecule is CCn1c(S[C@@H](C)C(=O)NCCOC)nc2sc3c(c2c1=O)CC[C@@H](C)C3. The van der Waals surface area contributed by atoms with E-state index < -0.39 is 0 Å². The van der Waals surface area contributed by atoms with Crippen LogP contribution in [0.2, 0.25) is 0 Å². The molecule has 0 aliphatic heterocycles. The van der Waals surface area contributed by atoms with E-state index in [9.17, 15) is 9.59 Å². The number of rotatable bonds is 7. The molecule has 0 fully saturated rings. The molecule has 0 saturated carbocycles. The van der Waals surface area contributed by atoms with Crippen LogP contribution in [-0.2, 0) is 28.9 Å². The summed E-state index contributed by atoms with van der Waals surface area (Å²) in [6.07, 6.45) is 3.12. The van der Waals surface area contributed by atoms with Gasteiger partial charge in [-0.05, 0) is 44.6 Å². The van der Waals surface area contributed by atoms with E-state index in [-0.39, 0.29) is 16.7 Å². The first-order valence-electron chi connectivity index (χ1n) is 9.44. The number of nitrogens with zero attached hydrogens (tertiary/aromatic N) is 2. The summed E-state index contributed by atoms with van der Waals surface area (Å²) in [5, 5.41) is 3.92. The largest absolute Gasteiger partial charge is 0.383 e. The van der Waals surface area contributed by atoms with Crippen molar-refractivity contribution in [2.24, 2.45) is 5.92 Å². The summed E-state index contributed by atoms with van der Waals surface area (Å²) < 4.78 is 6.67. The monoisotopic (exact) mass is 409 g/mol. The maximum absolute atomic E-state index is 13.2. The molecule has 0 saturated heterocycles. The van der Waals surface area contributed by atoms with Crippen LogP contribution in [-0.4, -0.2) is 41.0 Å². The zero-order valence-corrected chi connectivity index (χ0v) is 18.0. The van der Waals surface area contributed by atoms with E-state index in [1.165, 1.54) is 22.2 Å². The van der Waals surface area contributed by atoms with Gasteiger partial charge in [0.2, 0.25) is 5.91 Å². The second-order valence-corrected chi connectivity index (χ2v) is 9.41. The van der Waals surface area contributed by atoms with Gasteiger partial charge in [0.1, 0.15) is 4.83 Å². The van der Waals surface area contributed by atoms with E-state index in [1.807, 2.05) is 13.8 Å². The Morgan fingerprint density at radius 2 is 2.30 bits per heavy atom. The fourth-order valence-electron chi connectivity index (χ4n) is 3.41. The van der Waals surface area contributed by atoms with Gasteiger partial charge in [-0.2, -0.15) is 0 Å². The second kappa shape index (κ2) is 8.75. The Morgan fingerprint density at radius 3 is 3.00 bits per heavy atom. The van der Waals surface area contributed by atoms with E-state index >= 15 is 0 Å². The number of nitrogens with one attached hydrogen (secondary N) is 1. The zero-order valence-electron chi connectivity index (χ0n) is 16.3. The molecule has 1 amide bonds. The molecule has 0 bridgehead atoms. The summed E-state index contributed by atoms with van der Waals surface area (Å²) in [4.78, 5) is 32.3. The van der Waals surface area contributed by atoms with Crippen LogP contribution < -0.4 is 10.9 Å². The Morgan fingerprint density at radius 1 is 1.52 bits per heavy atom. The van der Waals surface area contributed by atoms with Gasteiger partial charge in [-0.3, -0.25) is 14.2 Å². The molecule has 0 radical (unpaired) electrons. The van der Waals surface area contributed by atoms with E-state index in [1.54, 1.807) is 23.0 Å². The molecule has 1 N–H and O–H groups in total. The molecule has 0 aromatic carbocycles. The molecule has 2 atom stereocenters. The van der Waals surface area contributed by atoms with Crippen LogP contribution in [0.5, 0.6) is 0 Å². The normalized spacial score (nSPS) is 17.7. The highest BCUT2D eigenvalue weighted by molar-refractivity contribution is 8.00. The van der Waals surface area contributed by atoms with E-state index in [2.05, 4.69) is 12.2 Å². The van der Waals surface area contributed by atoms with Crippen LogP contribution in [0.25, 0.3) is 10.2 Å². The van der Waals surface area contributed by atoms with Gasteiger partial charge in [0.05, 0.1) is 17.2 Å². The lowest BCUT2D eigenvalue weighted by Gasteiger charge is -2.18. The standard InChI is InChI=1S/C19H27N3O3S2/c1-5-22-18(24)15-13-7-6-11(2)10-14(13)27-17(15)21-19(22)26-12(3)16(23)20-8-9-25-4/h11-12H,5-10H2,1-4H3,(H,20,23)/t11-,12+/m1/s1. The fourth-order valence-corrected chi connectivity index (χ4v) is 5.83. The van der Waals surface area contributed by atoms with Gasteiger partial charge >= 0.3 is 0 Å². The first kappa shape index (κ1) is 20.4. The van der Waals surface area contributed by atoms with Crippen molar-refractivity contribution < 1.29 is 9.53 Å². The highest BCUT2D eigenvalue weighted by Crippen LogP contribution is 2.36. The Hall–Kier alpha value is -1.38. The molecule has 8 heteroatoms. The molecular weight excluding hydrogens is 382 g/mol. The summed E-state index contributed by atoms with van der Waals surface area (Å²) >= 11 is 2.99. The van der Waals surface area contributed by atoms with Gasteiger partial charge in [0, 0.05) is 25.1 Å². The number of ether oxygens (including phenoxy) is 1. The van der Waals surface area contributed by atoms with Crippen LogP contribution in [0.15, 0.2) is 9.95 Å². The third kappa shape index (κ3) is 4.22. The van der Waals surface area contributed by atoms with E-state index in [0.29, 0.717) is 30.8 Å². The lowest BCUT2D eigenvalue weighted by molar-refractivity contribution is -0.120.